The highest BCUT2D eigenvalue weighted by atomic mass is 32.2. The van der Waals surface area contributed by atoms with Gasteiger partial charge in [0.25, 0.3) is 0 Å². The average molecular weight is 536 g/mol. The largest absolute Gasteiger partial charge is 0.497 e. The van der Waals surface area contributed by atoms with Gasteiger partial charge in [-0.2, -0.15) is 5.26 Å². The number of fused-ring (bicyclic) bond motifs is 1. The Morgan fingerprint density at radius 1 is 1.38 bits per heavy atom. The molecule has 2 aromatic heterocycles. The summed E-state index contributed by atoms with van der Waals surface area (Å²) in [6.07, 6.45) is 5.85. The molecule has 2 heterocycles. The smallest absolute Gasteiger partial charge is 0.235 e. The Hall–Kier alpha value is -3.09. The lowest BCUT2D eigenvalue weighted by Gasteiger charge is -2.36. The minimum atomic E-state index is -0.162. The summed E-state index contributed by atoms with van der Waals surface area (Å²) >= 11 is 2.88. The fourth-order valence-corrected chi connectivity index (χ4v) is 6.73. The van der Waals surface area contributed by atoms with Crippen LogP contribution in [-0.4, -0.2) is 33.5 Å². The molecule has 1 aliphatic carbocycles. The van der Waals surface area contributed by atoms with Gasteiger partial charge < -0.3 is 10.1 Å². The number of ether oxygens (including phenoxy) is 1. The van der Waals surface area contributed by atoms with Crippen LogP contribution in [0.3, 0.4) is 0 Å². The van der Waals surface area contributed by atoms with E-state index in [0.717, 1.165) is 42.6 Å². The lowest BCUT2D eigenvalue weighted by atomic mass is 9.69. The number of nitriles is 1. The minimum Gasteiger partial charge on any atom is -0.497 e. The Balaban J connectivity index is 1.46. The van der Waals surface area contributed by atoms with E-state index < -0.39 is 0 Å². The summed E-state index contributed by atoms with van der Waals surface area (Å²) in [4.78, 5) is 14.2. The summed E-state index contributed by atoms with van der Waals surface area (Å²) in [5.41, 5.74) is 2.91. The Bertz CT molecular complexity index is 1320. The SMILES string of the molecule is C=CCn1c(SCC(=O)Nc2sc3c(c2C#N)CCC(C(C)(C)CC)C3)nnc1-c1ccc(OC)cc1. The van der Waals surface area contributed by atoms with Gasteiger partial charge in [0.05, 0.1) is 18.4 Å². The van der Waals surface area contributed by atoms with Crippen LogP contribution in [0.1, 0.15) is 49.6 Å². The monoisotopic (exact) mass is 535 g/mol. The summed E-state index contributed by atoms with van der Waals surface area (Å²) in [5, 5.41) is 22.8. The first kappa shape index (κ1) is 27.0. The standard InChI is InChI=1S/C28H33N5O2S2/c1-6-14-33-25(18-8-11-20(35-5)12-9-18)31-32-27(33)36-17-24(34)30-26-22(16-29)21-13-10-19(15-23(21)37-26)28(3,4)7-2/h6,8-9,11-12,19H,1,7,10,13-15,17H2,2-5H3,(H,30,34). The van der Waals surface area contributed by atoms with Crippen molar-refractivity contribution in [2.24, 2.45) is 11.3 Å². The van der Waals surface area contributed by atoms with E-state index >= 15 is 0 Å². The number of carbonyl (C=O) groups excluding carboxylic acids is 1. The zero-order valence-electron chi connectivity index (χ0n) is 21.8. The van der Waals surface area contributed by atoms with Crippen LogP contribution in [0, 0.1) is 22.7 Å². The van der Waals surface area contributed by atoms with Crippen LogP contribution in [0.25, 0.3) is 11.4 Å². The number of methoxy groups -OCH3 is 1. The zero-order chi connectivity index (χ0) is 26.6. The van der Waals surface area contributed by atoms with Crippen molar-refractivity contribution in [2.45, 2.75) is 58.2 Å². The Morgan fingerprint density at radius 2 is 2.14 bits per heavy atom. The number of anilines is 1. The number of allylic oxidation sites excluding steroid dienone is 1. The summed E-state index contributed by atoms with van der Waals surface area (Å²) in [7, 11) is 1.63. The number of hydrogen-bond acceptors (Lipinski definition) is 7. The minimum absolute atomic E-state index is 0.162. The molecule has 194 valence electrons. The molecule has 1 amide bonds. The number of aromatic nitrogens is 3. The van der Waals surface area contributed by atoms with Crippen molar-refractivity contribution in [1.82, 2.24) is 14.8 Å². The lowest BCUT2D eigenvalue weighted by Crippen LogP contribution is -2.28. The second-order valence-electron chi connectivity index (χ2n) is 9.87. The molecular formula is C28H33N5O2S2. The maximum atomic E-state index is 12.9. The van der Waals surface area contributed by atoms with E-state index in [4.69, 9.17) is 4.74 Å². The van der Waals surface area contributed by atoms with Gasteiger partial charge in [0.1, 0.15) is 16.8 Å². The van der Waals surface area contributed by atoms with Crippen molar-refractivity contribution in [3.63, 3.8) is 0 Å². The third kappa shape index (κ3) is 5.76. The van der Waals surface area contributed by atoms with Gasteiger partial charge in [-0.1, -0.05) is 45.0 Å². The molecule has 3 aromatic rings. The van der Waals surface area contributed by atoms with Crippen molar-refractivity contribution in [3.05, 3.63) is 52.9 Å². The molecule has 7 nitrogen and oxygen atoms in total. The van der Waals surface area contributed by atoms with Gasteiger partial charge in [-0.3, -0.25) is 9.36 Å². The van der Waals surface area contributed by atoms with Gasteiger partial charge in [0.15, 0.2) is 11.0 Å². The zero-order valence-corrected chi connectivity index (χ0v) is 23.5. The Kier molecular flexibility index (Phi) is 8.40. The highest BCUT2D eigenvalue weighted by molar-refractivity contribution is 7.99. The molecule has 0 radical (unpaired) electrons. The van der Waals surface area contributed by atoms with Crippen molar-refractivity contribution in [1.29, 1.82) is 5.26 Å². The van der Waals surface area contributed by atoms with Gasteiger partial charge in [-0.15, -0.1) is 28.1 Å². The fourth-order valence-electron chi connectivity index (χ4n) is 4.68. The van der Waals surface area contributed by atoms with E-state index in [1.54, 1.807) is 24.5 Å². The van der Waals surface area contributed by atoms with Crippen molar-refractivity contribution < 1.29 is 9.53 Å². The number of hydrogen-bond donors (Lipinski definition) is 1. The first-order valence-corrected chi connectivity index (χ1v) is 14.3. The van der Waals surface area contributed by atoms with E-state index in [0.29, 0.717) is 34.0 Å². The van der Waals surface area contributed by atoms with Gasteiger partial charge in [0, 0.05) is 17.0 Å². The topological polar surface area (TPSA) is 92.8 Å². The van der Waals surface area contributed by atoms with Crippen LogP contribution in [-0.2, 0) is 24.2 Å². The fraction of sp³-hybridized carbons (Fsp3) is 0.429. The third-order valence-corrected chi connectivity index (χ3v) is 9.49. The highest BCUT2D eigenvalue weighted by Crippen LogP contribution is 2.45. The molecule has 0 spiro atoms. The van der Waals surface area contributed by atoms with E-state index in [1.165, 1.54) is 16.6 Å². The molecule has 1 atom stereocenters. The molecular weight excluding hydrogens is 502 g/mol. The van der Waals surface area contributed by atoms with E-state index in [-0.39, 0.29) is 17.1 Å². The molecule has 37 heavy (non-hydrogen) atoms. The normalized spacial score (nSPS) is 15.1. The Labute approximate surface area is 226 Å². The lowest BCUT2D eigenvalue weighted by molar-refractivity contribution is -0.113. The second-order valence-corrected chi connectivity index (χ2v) is 11.9. The van der Waals surface area contributed by atoms with Crippen LogP contribution in [0.5, 0.6) is 5.75 Å². The van der Waals surface area contributed by atoms with Crippen LogP contribution in [0.2, 0.25) is 0 Å². The summed E-state index contributed by atoms with van der Waals surface area (Å²) in [5.74, 6) is 2.06. The molecule has 0 bridgehead atoms. The first-order chi connectivity index (χ1) is 17.8. The summed E-state index contributed by atoms with van der Waals surface area (Å²) in [6, 6.07) is 9.96. The molecule has 0 fully saturated rings. The number of benzene rings is 1. The molecule has 0 saturated heterocycles. The maximum Gasteiger partial charge on any atom is 0.235 e. The molecule has 1 N–H and O–H groups in total. The number of carbonyl (C=O) groups is 1. The van der Waals surface area contributed by atoms with Crippen LogP contribution in [0.15, 0.2) is 42.1 Å². The molecule has 1 aromatic carbocycles. The van der Waals surface area contributed by atoms with Gasteiger partial charge >= 0.3 is 0 Å². The number of amides is 1. The number of thioether (sulfide) groups is 1. The van der Waals surface area contributed by atoms with Crippen LogP contribution in [0.4, 0.5) is 5.00 Å². The molecule has 0 aliphatic heterocycles. The number of thiophene rings is 1. The van der Waals surface area contributed by atoms with Crippen molar-refractivity contribution in [2.75, 3.05) is 18.2 Å². The quantitative estimate of drug-likeness (QED) is 0.240. The number of rotatable bonds is 10. The molecule has 9 heteroatoms. The van der Waals surface area contributed by atoms with Gasteiger partial charge in [0.2, 0.25) is 5.91 Å². The second kappa shape index (κ2) is 11.5. The molecule has 0 saturated carbocycles. The van der Waals surface area contributed by atoms with Gasteiger partial charge in [-0.25, -0.2) is 0 Å². The highest BCUT2D eigenvalue weighted by Gasteiger charge is 2.34. The average Bonchev–Trinajstić information content (AvgIpc) is 3.47. The third-order valence-electron chi connectivity index (χ3n) is 7.36. The summed E-state index contributed by atoms with van der Waals surface area (Å²) in [6.45, 7) is 11.3. The number of nitrogens with zero attached hydrogens (tertiary/aromatic N) is 4. The van der Waals surface area contributed by atoms with E-state index in [9.17, 15) is 10.1 Å². The van der Waals surface area contributed by atoms with Gasteiger partial charge in [-0.05, 0) is 60.4 Å². The molecule has 4 rings (SSSR count). The number of nitrogens with one attached hydrogen (secondary N) is 1. The van der Waals surface area contributed by atoms with Crippen molar-refractivity contribution >= 4 is 34.0 Å². The first-order valence-electron chi connectivity index (χ1n) is 12.5. The van der Waals surface area contributed by atoms with Crippen molar-refractivity contribution in [3.8, 4) is 23.2 Å². The van der Waals surface area contributed by atoms with Crippen LogP contribution >= 0.6 is 23.1 Å². The summed E-state index contributed by atoms with van der Waals surface area (Å²) < 4.78 is 7.18. The predicted octanol–water partition coefficient (Wildman–Crippen LogP) is 6.34. The van der Waals surface area contributed by atoms with Crippen LogP contribution < -0.4 is 10.1 Å². The molecule has 1 unspecified atom stereocenters. The van der Waals surface area contributed by atoms with E-state index in [2.05, 4.69) is 48.9 Å². The maximum absolute atomic E-state index is 12.9. The van der Waals surface area contributed by atoms with E-state index in [1.807, 2.05) is 28.8 Å². The Morgan fingerprint density at radius 3 is 2.78 bits per heavy atom. The predicted molar refractivity (Wildman–Crippen MR) is 150 cm³/mol. The molecule has 1 aliphatic rings.